The Kier molecular flexibility index (Phi) is 5.40. The van der Waals surface area contributed by atoms with Crippen LogP contribution in [0.2, 0.25) is 5.02 Å². The minimum absolute atomic E-state index is 0.258. The highest BCUT2D eigenvalue weighted by atomic mass is 35.5. The number of carboxylic acid groups (broad SMARTS) is 1. The second kappa shape index (κ2) is 7.07. The SMILES string of the molecule is O=C(O)CC1CCN(C[C@H](O)c2ccc(Cl)cc2)CC1. The molecule has 110 valence electrons. The number of hydrogen-bond acceptors (Lipinski definition) is 3. The lowest BCUT2D eigenvalue weighted by molar-refractivity contribution is -0.138. The van der Waals surface area contributed by atoms with Crippen LogP contribution >= 0.6 is 11.6 Å². The molecule has 0 saturated carbocycles. The first-order valence-electron chi connectivity index (χ1n) is 6.92. The number of aliphatic carboxylic acids is 1. The van der Waals surface area contributed by atoms with E-state index in [0.717, 1.165) is 31.5 Å². The Bertz CT molecular complexity index is 441. The van der Waals surface area contributed by atoms with E-state index in [1.54, 1.807) is 12.1 Å². The van der Waals surface area contributed by atoms with Gasteiger partial charge in [-0.15, -0.1) is 0 Å². The lowest BCUT2D eigenvalue weighted by Gasteiger charge is -2.32. The monoisotopic (exact) mass is 297 g/mol. The molecule has 1 fully saturated rings. The van der Waals surface area contributed by atoms with Crippen molar-refractivity contribution in [1.82, 2.24) is 4.90 Å². The van der Waals surface area contributed by atoms with Crippen molar-refractivity contribution in [2.24, 2.45) is 5.92 Å². The molecule has 1 atom stereocenters. The van der Waals surface area contributed by atoms with Gasteiger partial charge >= 0.3 is 5.97 Å². The van der Waals surface area contributed by atoms with Gasteiger partial charge in [-0.25, -0.2) is 0 Å². The molecular weight excluding hydrogens is 278 g/mol. The Morgan fingerprint density at radius 3 is 2.45 bits per heavy atom. The molecule has 0 amide bonds. The van der Waals surface area contributed by atoms with Gasteiger partial charge in [0.1, 0.15) is 0 Å². The summed E-state index contributed by atoms with van der Waals surface area (Å²) in [5.41, 5.74) is 0.863. The van der Waals surface area contributed by atoms with Gasteiger partial charge in [-0.05, 0) is 49.5 Å². The zero-order chi connectivity index (χ0) is 14.5. The minimum Gasteiger partial charge on any atom is -0.481 e. The molecule has 2 N–H and O–H groups in total. The number of aliphatic hydroxyl groups excluding tert-OH is 1. The summed E-state index contributed by atoms with van der Waals surface area (Å²) in [6.07, 6.45) is 1.51. The molecule has 5 heteroatoms. The summed E-state index contributed by atoms with van der Waals surface area (Å²) < 4.78 is 0. The second-order valence-corrected chi connectivity index (χ2v) is 5.85. The third-order valence-electron chi connectivity index (χ3n) is 3.86. The number of halogens is 1. The Morgan fingerprint density at radius 2 is 1.90 bits per heavy atom. The van der Waals surface area contributed by atoms with E-state index in [0.29, 0.717) is 11.6 Å². The van der Waals surface area contributed by atoms with Crippen molar-refractivity contribution in [1.29, 1.82) is 0 Å². The summed E-state index contributed by atoms with van der Waals surface area (Å²) in [4.78, 5) is 12.9. The highest BCUT2D eigenvalue weighted by molar-refractivity contribution is 6.30. The Hall–Kier alpha value is -1.10. The van der Waals surface area contributed by atoms with Crippen LogP contribution in [0.3, 0.4) is 0 Å². The number of benzene rings is 1. The summed E-state index contributed by atoms with van der Waals surface area (Å²) in [6, 6.07) is 7.23. The van der Waals surface area contributed by atoms with E-state index in [-0.39, 0.29) is 12.3 Å². The van der Waals surface area contributed by atoms with Crippen LogP contribution in [-0.4, -0.2) is 40.7 Å². The lowest BCUT2D eigenvalue weighted by atomic mass is 9.93. The first-order valence-corrected chi connectivity index (χ1v) is 7.30. The summed E-state index contributed by atoms with van der Waals surface area (Å²) in [5, 5.41) is 19.6. The van der Waals surface area contributed by atoms with Gasteiger partial charge in [-0.1, -0.05) is 23.7 Å². The van der Waals surface area contributed by atoms with Gasteiger partial charge in [0.15, 0.2) is 0 Å². The average Bonchev–Trinajstić information content (AvgIpc) is 2.41. The highest BCUT2D eigenvalue weighted by Gasteiger charge is 2.23. The molecular formula is C15H20ClNO3. The van der Waals surface area contributed by atoms with E-state index in [2.05, 4.69) is 4.90 Å². The quantitative estimate of drug-likeness (QED) is 0.877. The van der Waals surface area contributed by atoms with Crippen LogP contribution in [0.5, 0.6) is 0 Å². The molecule has 1 aliphatic rings. The van der Waals surface area contributed by atoms with Gasteiger partial charge in [0, 0.05) is 18.0 Å². The van der Waals surface area contributed by atoms with Crippen LogP contribution in [0.25, 0.3) is 0 Å². The molecule has 0 aliphatic carbocycles. The van der Waals surface area contributed by atoms with E-state index < -0.39 is 12.1 Å². The Labute approximate surface area is 124 Å². The van der Waals surface area contributed by atoms with Crippen molar-refractivity contribution in [3.05, 3.63) is 34.9 Å². The third-order valence-corrected chi connectivity index (χ3v) is 4.11. The van der Waals surface area contributed by atoms with E-state index in [4.69, 9.17) is 16.7 Å². The van der Waals surface area contributed by atoms with E-state index >= 15 is 0 Å². The molecule has 1 saturated heterocycles. The molecule has 0 unspecified atom stereocenters. The lowest BCUT2D eigenvalue weighted by Crippen LogP contribution is -2.37. The molecule has 1 aliphatic heterocycles. The largest absolute Gasteiger partial charge is 0.481 e. The van der Waals surface area contributed by atoms with Crippen LogP contribution in [0.1, 0.15) is 30.9 Å². The maximum Gasteiger partial charge on any atom is 0.303 e. The van der Waals surface area contributed by atoms with E-state index in [1.807, 2.05) is 12.1 Å². The van der Waals surface area contributed by atoms with Crippen molar-refractivity contribution >= 4 is 17.6 Å². The predicted molar refractivity (Wildman–Crippen MR) is 77.8 cm³/mol. The second-order valence-electron chi connectivity index (χ2n) is 5.41. The number of carbonyl (C=O) groups is 1. The summed E-state index contributed by atoms with van der Waals surface area (Å²) >= 11 is 5.83. The number of likely N-dealkylation sites (tertiary alicyclic amines) is 1. The molecule has 20 heavy (non-hydrogen) atoms. The third kappa shape index (κ3) is 4.47. The molecule has 0 bridgehead atoms. The first kappa shape index (κ1) is 15.3. The van der Waals surface area contributed by atoms with Crippen LogP contribution in [0.15, 0.2) is 24.3 Å². The zero-order valence-electron chi connectivity index (χ0n) is 11.3. The Morgan fingerprint density at radius 1 is 1.30 bits per heavy atom. The zero-order valence-corrected chi connectivity index (χ0v) is 12.1. The van der Waals surface area contributed by atoms with Crippen LogP contribution in [-0.2, 0) is 4.79 Å². The van der Waals surface area contributed by atoms with E-state index in [1.165, 1.54) is 0 Å². The van der Waals surface area contributed by atoms with Crippen molar-refractivity contribution in [3.8, 4) is 0 Å². The molecule has 0 aromatic heterocycles. The van der Waals surface area contributed by atoms with Gasteiger partial charge in [0.25, 0.3) is 0 Å². The predicted octanol–water partition coefficient (Wildman–Crippen LogP) is 2.56. The number of nitrogens with zero attached hydrogens (tertiary/aromatic N) is 1. The van der Waals surface area contributed by atoms with Crippen molar-refractivity contribution < 1.29 is 15.0 Å². The number of aliphatic hydroxyl groups is 1. The van der Waals surface area contributed by atoms with Crippen molar-refractivity contribution in [2.75, 3.05) is 19.6 Å². The maximum atomic E-state index is 10.7. The molecule has 1 aromatic rings. The minimum atomic E-state index is -0.718. The number of piperidine rings is 1. The summed E-state index contributed by atoms with van der Waals surface area (Å²) in [6.45, 7) is 2.28. The van der Waals surface area contributed by atoms with Crippen LogP contribution < -0.4 is 0 Å². The normalized spacial score (nSPS) is 18.9. The number of β-amino-alcohol motifs (C(OH)–C–C–N with tert-alkyl or cyclic N) is 1. The molecule has 4 nitrogen and oxygen atoms in total. The molecule has 1 aromatic carbocycles. The maximum absolute atomic E-state index is 10.7. The van der Waals surface area contributed by atoms with Crippen molar-refractivity contribution in [3.63, 3.8) is 0 Å². The molecule has 0 spiro atoms. The van der Waals surface area contributed by atoms with Gasteiger partial charge in [-0.3, -0.25) is 4.79 Å². The first-order chi connectivity index (χ1) is 9.54. The molecule has 2 rings (SSSR count). The smallest absolute Gasteiger partial charge is 0.303 e. The Balaban J connectivity index is 1.80. The number of carboxylic acids is 1. The average molecular weight is 298 g/mol. The van der Waals surface area contributed by atoms with Crippen LogP contribution in [0, 0.1) is 5.92 Å². The summed E-state index contributed by atoms with van der Waals surface area (Å²) in [5.74, 6) is -0.443. The van der Waals surface area contributed by atoms with Gasteiger partial charge in [-0.2, -0.15) is 0 Å². The number of hydrogen-bond donors (Lipinski definition) is 2. The van der Waals surface area contributed by atoms with Crippen molar-refractivity contribution in [2.45, 2.75) is 25.4 Å². The standard InChI is InChI=1S/C15H20ClNO3/c16-13-3-1-12(2-4-13)14(18)10-17-7-5-11(6-8-17)9-15(19)20/h1-4,11,14,18H,5-10H2,(H,19,20)/t14-/m0/s1. The molecule has 0 radical (unpaired) electrons. The number of rotatable bonds is 5. The van der Waals surface area contributed by atoms with E-state index in [9.17, 15) is 9.90 Å². The fraction of sp³-hybridized carbons (Fsp3) is 0.533. The topological polar surface area (TPSA) is 60.8 Å². The molecule has 1 heterocycles. The highest BCUT2D eigenvalue weighted by Crippen LogP contribution is 2.23. The van der Waals surface area contributed by atoms with Gasteiger partial charge in [0.05, 0.1) is 6.10 Å². The summed E-state index contributed by atoms with van der Waals surface area (Å²) in [7, 11) is 0. The van der Waals surface area contributed by atoms with Gasteiger partial charge in [0.2, 0.25) is 0 Å². The fourth-order valence-corrected chi connectivity index (χ4v) is 2.78. The van der Waals surface area contributed by atoms with Crippen LogP contribution in [0.4, 0.5) is 0 Å². The van der Waals surface area contributed by atoms with Gasteiger partial charge < -0.3 is 15.1 Å². The fourth-order valence-electron chi connectivity index (χ4n) is 2.65.